The Labute approximate surface area is 102 Å². The summed E-state index contributed by atoms with van der Waals surface area (Å²) < 4.78 is 5.59. The van der Waals surface area contributed by atoms with E-state index in [-0.39, 0.29) is 0 Å². The van der Waals surface area contributed by atoms with Crippen molar-refractivity contribution in [3.05, 3.63) is 71.8 Å². The smallest absolute Gasteiger partial charge is 0.157 e. The standard InChI is InChI=1S/C13H16OSi2/c15-14-16-13(11-7-3-1-4-8-11)12-9-5-2-6-10-12/h1-10,13H,16H2,15H3. The number of benzene rings is 2. The molecule has 0 aliphatic rings. The van der Waals surface area contributed by atoms with Crippen molar-refractivity contribution in [2.45, 2.75) is 5.54 Å². The number of hydrogen-bond acceptors (Lipinski definition) is 1. The van der Waals surface area contributed by atoms with Crippen molar-refractivity contribution in [1.82, 2.24) is 0 Å². The third kappa shape index (κ3) is 2.69. The minimum absolute atomic E-state index is 0.499. The Morgan fingerprint density at radius 2 is 1.25 bits per heavy atom. The van der Waals surface area contributed by atoms with Gasteiger partial charge in [0.2, 0.25) is 0 Å². The van der Waals surface area contributed by atoms with Gasteiger partial charge in [0, 0.05) is 5.54 Å². The van der Waals surface area contributed by atoms with E-state index in [2.05, 4.69) is 60.7 Å². The minimum Gasteiger partial charge on any atom is -0.467 e. The summed E-state index contributed by atoms with van der Waals surface area (Å²) in [6.07, 6.45) is 0. The van der Waals surface area contributed by atoms with E-state index in [1.54, 1.807) is 0 Å². The normalized spacial score (nSPS) is 11.6. The van der Waals surface area contributed by atoms with E-state index in [9.17, 15) is 0 Å². The second-order valence-corrected chi connectivity index (χ2v) is 7.29. The van der Waals surface area contributed by atoms with Crippen LogP contribution in [0.4, 0.5) is 0 Å². The zero-order chi connectivity index (χ0) is 11.2. The molecule has 2 aromatic carbocycles. The highest BCUT2D eigenvalue weighted by atomic mass is 28.3. The van der Waals surface area contributed by atoms with Gasteiger partial charge in [-0.15, -0.1) is 0 Å². The fraction of sp³-hybridized carbons (Fsp3) is 0.0769. The highest BCUT2D eigenvalue weighted by Gasteiger charge is 2.13. The maximum Gasteiger partial charge on any atom is 0.157 e. The van der Waals surface area contributed by atoms with Crippen molar-refractivity contribution in [2.75, 3.05) is 0 Å². The average Bonchev–Trinajstić information content (AvgIpc) is 2.38. The van der Waals surface area contributed by atoms with Crippen molar-refractivity contribution in [2.24, 2.45) is 0 Å². The van der Waals surface area contributed by atoms with Crippen LogP contribution in [0.15, 0.2) is 60.7 Å². The van der Waals surface area contributed by atoms with Crippen LogP contribution in [0.2, 0.25) is 0 Å². The summed E-state index contributed by atoms with van der Waals surface area (Å²) in [7, 11) is 0.352. The first-order chi connectivity index (χ1) is 7.92. The molecule has 0 atom stereocenters. The van der Waals surface area contributed by atoms with Crippen molar-refractivity contribution >= 4 is 20.2 Å². The van der Waals surface area contributed by atoms with E-state index < -0.39 is 9.76 Å². The molecule has 2 aromatic rings. The molecule has 0 spiro atoms. The van der Waals surface area contributed by atoms with Gasteiger partial charge in [-0.3, -0.25) is 0 Å². The Hall–Kier alpha value is -1.17. The summed E-state index contributed by atoms with van der Waals surface area (Å²) >= 11 is 0. The molecule has 0 aliphatic carbocycles. The van der Waals surface area contributed by atoms with Gasteiger partial charge in [-0.25, -0.2) is 0 Å². The summed E-state index contributed by atoms with van der Waals surface area (Å²) in [4.78, 5) is 0. The Balaban J connectivity index is 2.31. The molecule has 0 N–H and O–H groups in total. The molecule has 0 fully saturated rings. The lowest BCUT2D eigenvalue weighted by Gasteiger charge is -2.16. The van der Waals surface area contributed by atoms with Crippen LogP contribution in [0.1, 0.15) is 16.7 Å². The second-order valence-electron chi connectivity index (χ2n) is 3.83. The lowest BCUT2D eigenvalue weighted by molar-refractivity contribution is 0.649. The summed E-state index contributed by atoms with van der Waals surface area (Å²) in [6.45, 7) is 0. The molecule has 0 bridgehead atoms. The van der Waals surface area contributed by atoms with Gasteiger partial charge >= 0.3 is 0 Å². The van der Waals surface area contributed by atoms with Crippen molar-refractivity contribution in [3.8, 4) is 0 Å². The molecule has 0 aliphatic heterocycles. The predicted octanol–water partition coefficient (Wildman–Crippen LogP) is 1.16. The molecule has 16 heavy (non-hydrogen) atoms. The van der Waals surface area contributed by atoms with Crippen LogP contribution in [0, 0.1) is 0 Å². The highest BCUT2D eigenvalue weighted by molar-refractivity contribution is 6.37. The molecular formula is C13H16OSi2. The highest BCUT2D eigenvalue weighted by Crippen LogP contribution is 2.22. The zero-order valence-corrected chi connectivity index (χ0v) is 12.9. The van der Waals surface area contributed by atoms with Crippen molar-refractivity contribution < 1.29 is 4.12 Å². The average molecular weight is 244 g/mol. The van der Waals surface area contributed by atoms with Gasteiger partial charge in [-0.1, -0.05) is 60.7 Å². The third-order valence-corrected chi connectivity index (χ3v) is 5.35. The maximum absolute atomic E-state index is 5.59. The van der Waals surface area contributed by atoms with Crippen LogP contribution in [-0.2, 0) is 4.12 Å². The molecule has 0 aromatic heterocycles. The first-order valence-corrected chi connectivity index (χ1v) is 7.71. The van der Waals surface area contributed by atoms with E-state index in [0.717, 1.165) is 10.5 Å². The predicted molar refractivity (Wildman–Crippen MR) is 74.3 cm³/mol. The van der Waals surface area contributed by atoms with Crippen LogP contribution in [0.5, 0.6) is 0 Å². The van der Waals surface area contributed by atoms with Crippen LogP contribution in [-0.4, -0.2) is 20.2 Å². The molecule has 0 radical (unpaired) electrons. The van der Waals surface area contributed by atoms with Gasteiger partial charge < -0.3 is 4.12 Å². The van der Waals surface area contributed by atoms with Gasteiger partial charge in [0.1, 0.15) is 10.5 Å². The van der Waals surface area contributed by atoms with Crippen LogP contribution in [0.3, 0.4) is 0 Å². The molecule has 3 heteroatoms. The first-order valence-electron chi connectivity index (χ1n) is 5.50. The van der Waals surface area contributed by atoms with Crippen LogP contribution >= 0.6 is 0 Å². The molecule has 0 amide bonds. The second kappa shape index (κ2) is 5.79. The number of hydrogen-bond donors (Lipinski definition) is 0. The molecule has 82 valence electrons. The van der Waals surface area contributed by atoms with Gasteiger partial charge in [0.25, 0.3) is 0 Å². The number of rotatable bonds is 4. The Morgan fingerprint density at radius 3 is 1.62 bits per heavy atom. The minimum atomic E-state index is -0.499. The lowest BCUT2D eigenvalue weighted by Crippen LogP contribution is -2.12. The summed E-state index contributed by atoms with van der Waals surface area (Å²) in [6, 6.07) is 21.3. The molecule has 0 saturated carbocycles. The quantitative estimate of drug-likeness (QED) is 0.733. The van der Waals surface area contributed by atoms with Gasteiger partial charge in [0.15, 0.2) is 9.76 Å². The SMILES string of the molecule is [SiH3]O[SiH2]C(c1ccccc1)c1ccccc1. The summed E-state index contributed by atoms with van der Waals surface area (Å²) in [5.41, 5.74) is 3.27. The van der Waals surface area contributed by atoms with E-state index in [4.69, 9.17) is 4.12 Å². The molecule has 2 rings (SSSR count). The van der Waals surface area contributed by atoms with Crippen molar-refractivity contribution in [1.29, 1.82) is 0 Å². The van der Waals surface area contributed by atoms with E-state index in [0.29, 0.717) is 5.54 Å². The van der Waals surface area contributed by atoms with Crippen LogP contribution in [0.25, 0.3) is 0 Å². The first kappa shape index (κ1) is 11.3. The topological polar surface area (TPSA) is 9.23 Å². The Bertz CT molecular complexity index is 377. The third-order valence-electron chi connectivity index (χ3n) is 2.74. The molecule has 1 nitrogen and oxygen atoms in total. The van der Waals surface area contributed by atoms with Gasteiger partial charge in [0.05, 0.1) is 0 Å². The largest absolute Gasteiger partial charge is 0.467 e. The molecule has 0 unspecified atom stereocenters. The Kier molecular flexibility index (Phi) is 4.10. The molecule has 0 heterocycles. The van der Waals surface area contributed by atoms with Gasteiger partial charge in [-0.2, -0.15) is 0 Å². The van der Waals surface area contributed by atoms with Crippen molar-refractivity contribution in [3.63, 3.8) is 0 Å². The monoisotopic (exact) mass is 244 g/mol. The maximum atomic E-state index is 5.59. The van der Waals surface area contributed by atoms with Crippen LogP contribution < -0.4 is 0 Å². The summed E-state index contributed by atoms with van der Waals surface area (Å²) in [5, 5.41) is 0. The Morgan fingerprint density at radius 1 is 0.812 bits per heavy atom. The summed E-state index contributed by atoms with van der Waals surface area (Å²) in [5.74, 6) is 0. The lowest BCUT2D eigenvalue weighted by atomic mass is 10.0. The van der Waals surface area contributed by atoms with E-state index >= 15 is 0 Å². The van der Waals surface area contributed by atoms with E-state index in [1.165, 1.54) is 11.1 Å². The zero-order valence-electron chi connectivity index (χ0n) is 9.47. The molecular weight excluding hydrogens is 228 g/mol. The fourth-order valence-electron chi connectivity index (χ4n) is 1.92. The fourth-order valence-corrected chi connectivity index (χ4v) is 4.18. The molecule has 0 saturated heterocycles. The van der Waals surface area contributed by atoms with Gasteiger partial charge in [-0.05, 0) is 11.1 Å². The van der Waals surface area contributed by atoms with E-state index in [1.807, 2.05) is 0 Å².